The van der Waals surface area contributed by atoms with Crippen molar-refractivity contribution in [2.45, 2.75) is 91.9 Å². The Hall–Kier alpha value is -5.01. The van der Waals surface area contributed by atoms with Crippen LogP contribution >= 0.6 is 0 Å². The second-order valence-corrected chi connectivity index (χ2v) is 17.5. The highest BCUT2D eigenvalue weighted by Crippen LogP contribution is 2.33. The Balaban J connectivity index is 1.16. The molecule has 4 aromatic heterocycles. The fraction of sp³-hybridized carbons (Fsp3) is 0.522. The number of H-pyrrole nitrogens is 2. The summed E-state index contributed by atoms with van der Waals surface area (Å²) in [5, 5.41) is 4.49. The van der Waals surface area contributed by atoms with E-state index in [-0.39, 0.29) is 11.7 Å². The number of aryl methyl sites for hydroxylation is 3. The summed E-state index contributed by atoms with van der Waals surface area (Å²) >= 11 is 0. The van der Waals surface area contributed by atoms with Gasteiger partial charge in [0, 0.05) is 31.0 Å². The molecule has 6 heterocycles. The highest BCUT2D eigenvalue weighted by molar-refractivity contribution is 5.83. The smallest absolute Gasteiger partial charge is 0.244 e. The summed E-state index contributed by atoms with van der Waals surface area (Å²) in [6.45, 7) is 16.3. The van der Waals surface area contributed by atoms with Crippen LogP contribution in [-0.2, 0) is 0 Å². The molecule has 0 spiro atoms. The Morgan fingerprint density at radius 2 is 1.24 bits per heavy atom. The molecular weight excluding hydrogens is 740 g/mol. The van der Waals surface area contributed by atoms with Gasteiger partial charge in [-0.2, -0.15) is 0 Å². The van der Waals surface area contributed by atoms with Crippen molar-refractivity contribution < 1.29 is 4.39 Å². The molecule has 8 rings (SSSR count). The number of fused-ring (bicyclic) bond motifs is 2. The summed E-state index contributed by atoms with van der Waals surface area (Å²) in [5.41, 5.74) is 8.47. The maximum atomic E-state index is 14.6. The van der Waals surface area contributed by atoms with Gasteiger partial charge in [-0.25, -0.2) is 44.3 Å². The average Bonchev–Trinajstić information content (AvgIpc) is 3.87. The first-order chi connectivity index (χ1) is 28.5. The van der Waals surface area contributed by atoms with Crippen LogP contribution in [0.25, 0.3) is 44.8 Å². The standard InChI is InChI=1S/C46H61FN12/c1-29(2)40-36(44-52-39-16-15-37(47)31(4)42(39)54-44)28-49-46(55-40)59(22-10-13-34-19-25-57(7)26-20-34)58(21-9-12-33-17-23-56(6)24-18-33)45-48-27-35(32(5)50-45)43-51-38-14-8-11-30(3)41(38)53-43/h8,11,14-16,27-29,33-34H,9-10,12-13,17-26H2,1-7H3,(H,51,53)(H,52,54). The van der Waals surface area contributed by atoms with Gasteiger partial charge in [0.1, 0.15) is 17.5 Å². The van der Waals surface area contributed by atoms with Gasteiger partial charge in [-0.05, 0) is 154 Å². The van der Waals surface area contributed by atoms with Gasteiger partial charge in [0.25, 0.3) is 0 Å². The summed E-state index contributed by atoms with van der Waals surface area (Å²) in [6, 6.07) is 9.43. The van der Waals surface area contributed by atoms with E-state index in [0.717, 1.165) is 115 Å². The van der Waals surface area contributed by atoms with Crippen molar-refractivity contribution in [1.29, 1.82) is 0 Å². The van der Waals surface area contributed by atoms with Gasteiger partial charge >= 0.3 is 0 Å². The third kappa shape index (κ3) is 8.96. The number of para-hydroxylation sites is 1. The number of halogens is 1. The van der Waals surface area contributed by atoms with Crippen LogP contribution in [0.2, 0.25) is 0 Å². The Morgan fingerprint density at radius 3 is 1.81 bits per heavy atom. The number of benzene rings is 2. The number of nitrogens with zero attached hydrogens (tertiary/aromatic N) is 10. The molecule has 0 radical (unpaired) electrons. The number of likely N-dealkylation sites (tertiary alicyclic amines) is 2. The molecule has 59 heavy (non-hydrogen) atoms. The number of hydrogen-bond donors (Lipinski definition) is 2. The fourth-order valence-corrected chi connectivity index (χ4v) is 8.98. The number of nitrogens with one attached hydrogen (secondary N) is 2. The highest BCUT2D eigenvalue weighted by atomic mass is 19.1. The minimum Gasteiger partial charge on any atom is -0.338 e. The zero-order chi connectivity index (χ0) is 41.2. The normalized spacial score (nSPS) is 16.2. The van der Waals surface area contributed by atoms with Crippen LogP contribution in [0, 0.1) is 38.4 Å². The molecule has 0 bridgehead atoms. The van der Waals surface area contributed by atoms with Gasteiger partial charge < -0.3 is 19.8 Å². The molecule has 2 fully saturated rings. The van der Waals surface area contributed by atoms with Crippen molar-refractivity contribution in [1.82, 2.24) is 49.7 Å². The van der Waals surface area contributed by atoms with E-state index in [4.69, 9.17) is 29.9 Å². The third-order valence-electron chi connectivity index (χ3n) is 12.8. The van der Waals surface area contributed by atoms with Crippen LogP contribution in [-0.4, -0.2) is 103 Å². The number of hydrazine groups is 1. The predicted octanol–water partition coefficient (Wildman–Crippen LogP) is 9.01. The quantitative estimate of drug-likeness (QED) is 0.103. The van der Waals surface area contributed by atoms with Gasteiger partial charge in [0.2, 0.25) is 11.9 Å². The van der Waals surface area contributed by atoms with E-state index in [1.54, 1.807) is 13.0 Å². The molecule has 0 saturated carbocycles. The molecule has 6 aromatic rings. The van der Waals surface area contributed by atoms with Crippen LogP contribution in [0.1, 0.15) is 93.6 Å². The van der Waals surface area contributed by atoms with E-state index < -0.39 is 0 Å². The monoisotopic (exact) mass is 801 g/mol. The minimum absolute atomic E-state index is 0.0713. The molecule has 0 atom stereocenters. The van der Waals surface area contributed by atoms with E-state index in [9.17, 15) is 4.39 Å². The summed E-state index contributed by atoms with van der Waals surface area (Å²) in [5.74, 6) is 3.88. The number of hydrogen-bond acceptors (Lipinski definition) is 10. The Labute approximate surface area is 348 Å². The second kappa shape index (κ2) is 17.7. The van der Waals surface area contributed by atoms with Gasteiger partial charge in [-0.3, -0.25) is 0 Å². The number of rotatable bonds is 14. The Morgan fingerprint density at radius 1 is 0.695 bits per heavy atom. The van der Waals surface area contributed by atoms with Crippen molar-refractivity contribution in [3.05, 3.63) is 71.1 Å². The minimum atomic E-state index is -0.267. The molecule has 13 heteroatoms. The number of piperidine rings is 2. The van der Waals surface area contributed by atoms with Crippen molar-refractivity contribution >= 4 is 34.0 Å². The molecule has 2 saturated heterocycles. The lowest BCUT2D eigenvalue weighted by Crippen LogP contribution is -2.47. The number of aromatic amines is 2. The van der Waals surface area contributed by atoms with Crippen LogP contribution < -0.4 is 10.0 Å². The summed E-state index contributed by atoms with van der Waals surface area (Å²) < 4.78 is 14.6. The molecule has 2 aromatic carbocycles. The first kappa shape index (κ1) is 40.8. The average molecular weight is 801 g/mol. The molecule has 2 N–H and O–H groups in total. The lowest BCUT2D eigenvalue weighted by molar-refractivity contribution is 0.209. The molecule has 0 unspecified atom stereocenters. The van der Waals surface area contributed by atoms with E-state index in [2.05, 4.69) is 82.9 Å². The molecule has 0 aliphatic carbocycles. The maximum absolute atomic E-state index is 14.6. The SMILES string of the molecule is Cc1nc(N(CCCC2CCN(C)CC2)N(CCCC2CCN(C)CC2)c2ncc(-c3nc4c(C)c(F)ccc4[nH]3)c(C(C)C)n2)ncc1-c1nc2c(C)cccc2[nH]1. The second-order valence-electron chi connectivity index (χ2n) is 17.5. The lowest BCUT2D eigenvalue weighted by atomic mass is 9.92. The van der Waals surface area contributed by atoms with Gasteiger partial charge in [-0.15, -0.1) is 0 Å². The molecule has 2 aliphatic rings. The van der Waals surface area contributed by atoms with E-state index in [1.165, 1.54) is 31.7 Å². The molecular formula is C46H61FN12. The molecule has 12 nitrogen and oxygen atoms in total. The predicted molar refractivity (Wildman–Crippen MR) is 236 cm³/mol. The van der Waals surface area contributed by atoms with Crippen molar-refractivity contribution in [2.75, 3.05) is 63.4 Å². The number of imidazole rings is 2. The highest BCUT2D eigenvalue weighted by Gasteiger charge is 2.27. The molecule has 312 valence electrons. The van der Waals surface area contributed by atoms with E-state index in [0.29, 0.717) is 40.6 Å². The summed E-state index contributed by atoms with van der Waals surface area (Å²) in [6.07, 6.45) is 13.0. The van der Waals surface area contributed by atoms with Crippen molar-refractivity contribution in [3.63, 3.8) is 0 Å². The first-order valence-electron chi connectivity index (χ1n) is 21.8. The van der Waals surface area contributed by atoms with Crippen LogP contribution in [0.3, 0.4) is 0 Å². The maximum Gasteiger partial charge on any atom is 0.244 e. The Bertz CT molecular complexity index is 2370. The van der Waals surface area contributed by atoms with Crippen LogP contribution in [0.15, 0.2) is 42.7 Å². The number of aromatic nitrogens is 8. The largest absolute Gasteiger partial charge is 0.338 e. The molecule has 2 aliphatic heterocycles. The van der Waals surface area contributed by atoms with Gasteiger partial charge in [0.05, 0.1) is 44.6 Å². The van der Waals surface area contributed by atoms with Crippen LogP contribution in [0.4, 0.5) is 16.3 Å². The van der Waals surface area contributed by atoms with Crippen molar-refractivity contribution in [2.24, 2.45) is 11.8 Å². The van der Waals surface area contributed by atoms with Crippen molar-refractivity contribution in [3.8, 4) is 22.8 Å². The van der Waals surface area contributed by atoms with Crippen LogP contribution in [0.5, 0.6) is 0 Å². The van der Waals surface area contributed by atoms with Gasteiger partial charge in [-0.1, -0.05) is 26.0 Å². The number of anilines is 2. The first-order valence-corrected chi connectivity index (χ1v) is 21.8. The van der Waals surface area contributed by atoms with E-state index >= 15 is 0 Å². The zero-order valence-electron chi connectivity index (χ0n) is 36.0. The third-order valence-corrected chi connectivity index (χ3v) is 12.8. The topological polar surface area (TPSA) is 122 Å². The zero-order valence-corrected chi connectivity index (χ0v) is 36.0. The summed E-state index contributed by atoms with van der Waals surface area (Å²) in [7, 11) is 4.45. The van der Waals surface area contributed by atoms with E-state index in [1.807, 2.05) is 19.3 Å². The summed E-state index contributed by atoms with van der Waals surface area (Å²) in [4.78, 5) is 42.5. The van der Waals surface area contributed by atoms with Gasteiger partial charge in [0.15, 0.2) is 0 Å². The molecule has 0 amide bonds. The lowest BCUT2D eigenvalue weighted by Gasteiger charge is -2.37. The Kier molecular flexibility index (Phi) is 12.2. The fourth-order valence-electron chi connectivity index (χ4n) is 8.98.